The van der Waals surface area contributed by atoms with Crippen LogP contribution in [0.3, 0.4) is 0 Å². The zero-order chi connectivity index (χ0) is 30.9. The molecule has 4 heteroatoms. The van der Waals surface area contributed by atoms with Crippen LogP contribution in [0.25, 0.3) is 99.2 Å². The van der Waals surface area contributed by atoms with Gasteiger partial charge in [0.1, 0.15) is 11.2 Å². The van der Waals surface area contributed by atoms with Crippen LogP contribution in [0, 0.1) is 0 Å². The Bertz CT molecular complexity index is 2850. The Kier molecular flexibility index (Phi) is 5.54. The van der Waals surface area contributed by atoms with Crippen LogP contribution in [-0.2, 0) is 0 Å². The Morgan fingerprint density at radius 2 is 0.979 bits per heavy atom. The van der Waals surface area contributed by atoms with Gasteiger partial charge in [0, 0.05) is 32.8 Å². The molecular formula is C43H25N3O. The summed E-state index contributed by atoms with van der Waals surface area (Å²) in [6.07, 6.45) is 0. The second-order valence-electron chi connectivity index (χ2n) is 12.0. The highest BCUT2D eigenvalue weighted by Gasteiger charge is 2.21. The summed E-state index contributed by atoms with van der Waals surface area (Å²) >= 11 is 0. The summed E-state index contributed by atoms with van der Waals surface area (Å²) in [4.78, 5) is 15.3. The third kappa shape index (κ3) is 4.05. The van der Waals surface area contributed by atoms with Gasteiger partial charge in [-0.3, -0.25) is 0 Å². The smallest absolute Gasteiger partial charge is 0.164 e. The summed E-state index contributed by atoms with van der Waals surface area (Å²) in [6.45, 7) is 0. The van der Waals surface area contributed by atoms with Gasteiger partial charge in [0.15, 0.2) is 17.5 Å². The molecule has 0 N–H and O–H groups in total. The molecule has 0 spiro atoms. The second kappa shape index (κ2) is 10.1. The molecule has 0 unspecified atom stereocenters. The molecule has 0 fully saturated rings. The van der Waals surface area contributed by atoms with Crippen molar-refractivity contribution in [3.8, 4) is 34.2 Å². The first kappa shape index (κ1) is 25.9. The molecule has 0 aliphatic heterocycles. The van der Waals surface area contributed by atoms with E-state index in [-0.39, 0.29) is 0 Å². The first-order chi connectivity index (χ1) is 23.3. The van der Waals surface area contributed by atoms with Gasteiger partial charge in [-0.2, -0.15) is 0 Å². The maximum absolute atomic E-state index is 6.57. The minimum absolute atomic E-state index is 0.606. The van der Waals surface area contributed by atoms with Gasteiger partial charge in [-0.15, -0.1) is 0 Å². The molecule has 0 aliphatic rings. The quantitative estimate of drug-likeness (QED) is 0.190. The van der Waals surface area contributed by atoms with Crippen molar-refractivity contribution >= 4 is 65.0 Å². The topological polar surface area (TPSA) is 51.8 Å². The van der Waals surface area contributed by atoms with Crippen molar-refractivity contribution in [2.75, 3.05) is 0 Å². The maximum atomic E-state index is 6.57. The molecule has 2 aromatic heterocycles. The normalized spacial score (nSPS) is 11.8. The van der Waals surface area contributed by atoms with E-state index in [4.69, 9.17) is 19.4 Å². The summed E-state index contributed by atoms with van der Waals surface area (Å²) in [5, 5.41) is 11.5. The standard InChI is InChI=1S/C43H25N3O/c1-2-12-28(13-3-1)41-44-42(30-19-18-26-10-4-5-14-29(26)24-30)46-43(45-41)36-25-38-40(35-16-8-9-17-37(35)47-38)39-33-21-20-27-11-6-7-15-31(27)32(33)22-23-34(36)39/h1-25H. The Morgan fingerprint density at radius 1 is 0.340 bits per heavy atom. The molecule has 0 saturated heterocycles. The zero-order valence-electron chi connectivity index (χ0n) is 25.2. The van der Waals surface area contributed by atoms with Gasteiger partial charge in [-0.05, 0) is 55.9 Å². The van der Waals surface area contributed by atoms with Gasteiger partial charge < -0.3 is 4.42 Å². The number of hydrogen-bond acceptors (Lipinski definition) is 4. The van der Waals surface area contributed by atoms with Gasteiger partial charge in [-0.1, -0.05) is 133 Å². The fourth-order valence-electron chi connectivity index (χ4n) is 7.07. The van der Waals surface area contributed by atoms with Crippen molar-refractivity contribution in [3.63, 3.8) is 0 Å². The van der Waals surface area contributed by atoms with E-state index in [1.807, 2.05) is 42.5 Å². The van der Waals surface area contributed by atoms with E-state index in [1.165, 1.54) is 26.9 Å². The number of furan rings is 1. The van der Waals surface area contributed by atoms with E-state index >= 15 is 0 Å². The second-order valence-corrected chi connectivity index (χ2v) is 12.0. The molecule has 218 valence electrons. The van der Waals surface area contributed by atoms with Crippen LogP contribution in [0.1, 0.15) is 0 Å². The summed E-state index contributed by atoms with van der Waals surface area (Å²) in [5.74, 6) is 1.86. The SMILES string of the molecule is c1ccc(-c2nc(-c3ccc4ccccc4c3)nc(-c3cc4oc5ccccc5c4c4c3ccc3c5ccccc5ccc34)n2)cc1. The molecule has 2 heterocycles. The van der Waals surface area contributed by atoms with Crippen LogP contribution >= 0.6 is 0 Å². The fourth-order valence-corrected chi connectivity index (χ4v) is 7.07. The largest absolute Gasteiger partial charge is 0.456 e. The van der Waals surface area contributed by atoms with Crippen molar-refractivity contribution in [3.05, 3.63) is 152 Å². The van der Waals surface area contributed by atoms with E-state index in [9.17, 15) is 0 Å². The Labute approximate surface area is 269 Å². The van der Waals surface area contributed by atoms with Crippen LogP contribution in [-0.4, -0.2) is 15.0 Å². The van der Waals surface area contributed by atoms with E-state index in [0.717, 1.165) is 54.8 Å². The number of aromatic nitrogens is 3. The Balaban J connectivity index is 1.32. The number of nitrogens with zero attached hydrogens (tertiary/aromatic N) is 3. The molecule has 0 radical (unpaired) electrons. The van der Waals surface area contributed by atoms with Crippen LogP contribution in [0.15, 0.2) is 156 Å². The number of para-hydroxylation sites is 1. The monoisotopic (exact) mass is 599 g/mol. The highest BCUT2D eigenvalue weighted by atomic mass is 16.3. The number of benzene rings is 8. The van der Waals surface area contributed by atoms with Gasteiger partial charge in [0.05, 0.1) is 0 Å². The minimum atomic E-state index is 0.606. The van der Waals surface area contributed by atoms with Gasteiger partial charge in [0.25, 0.3) is 0 Å². The van der Waals surface area contributed by atoms with Crippen LogP contribution < -0.4 is 0 Å². The van der Waals surface area contributed by atoms with Gasteiger partial charge in [0.2, 0.25) is 0 Å². The number of hydrogen-bond donors (Lipinski definition) is 0. The Hall–Kier alpha value is -6.39. The van der Waals surface area contributed by atoms with Crippen molar-refractivity contribution in [1.82, 2.24) is 15.0 Å². The summed E-state index contributed by atoms with van der Waals surface area (Å²) in [6, 6.07) is 52.7. The van der Waals surface area contributed by atoms with E-state index in [2.05, 4.69) is 109 Å². The van der Waals surface area contributed by atoms with E-state index < -0.39 is 0 Å². The van der Waals surface area contributed by atoms with Crippen LogP contribution in [0.5, 0.6) is 0 Å². The molecule has 0 amide bonds. The van der Waals surface area contributed by atoms with Crippen molar-refractivity contribution in [2.24, 2.45) is 0 Å². The number of rotatable bonds is 3. The predicted molar refractivity (Wildman–Crippen MR) is 193 cm³/mol. The fraction of sp³-hybridized carbons (Fsp3) is 0. The molecule has 4 nitrogen and oxygen atoms in total. The molecule has 10 rings (SSSR count). The lowest BCUT2D eigenvalue weighted by atomic mass is 9.92. The number of fused-ring (bicyclic) bond motifs is 10. The van der Waals surface area contributed by atoms with Crippen LogP contribution in [0.2, 0.25) is 0 Å². The summed E-state index contributed by atoms with van der Waals surface area (Å²) in [7, 11) is 0. The first-order valence-corrected chi connectivity index (χ1v) is 15.8. The zero-order valence-corrected chi connectivity index (χ0v) is 25.2. The average molecular weight is 600 g/mol. The highest BCUT2D eigenvalue weighted by molar-refractivity contribution is 6.31. The minimum Gasteiger partial charge on any atom is -0.456 e. The average Bonchev–Trinajstić information content (AvgIpc) is 3.52. The molecular weight excluding hydrogens is 574 g/mol. The van der Waals surface area contributed by atoms with Crippen LogP contribution in [0.4, 0.5) is 0 Å². The van der Waals surface area contributed by atoms with Gasteiger partial charge >= 0.3 is 0 Å². The van der Waals surface area contributed by atoms with Crippen molar-refractivity contribution in [1.29, 1.82) is 0 Å². The molecule has 8 aromatic carbocycles. The van der Waals surface area contributed by atoms with Crippen molar-refractivity contribution < 1.29 is 4.42 Å². The van der Waals surface area contributed by atoms with E-state index in [0.29, 0.717) is 17.5 Å². The highest BCUT2D eigenvalue weighted by Crippen LogP contribution is 2.44. The predicted octanol–water partition coefficient (Wildman–Crippen LogP) is 11.4. The molecule has 47 heavy (non-hydrogen) atoms. The third-order valence-electron chi connectivity index (χ3n) is 9.28. The lowest BCUT2D eigenvalue weighted by molar-refractivity contribution is 0.669. The first-order valence-electron chi connectivity index (χ1n) is 15.8. The van der Waals surface area contributed by atoms with Gasteiger partial charge in [-0.25, -0.2) is 15.0 Å². The summed E-state index contributed by atoms with van der Waals surface area (Å²) < 4.78 is 6.57. The lowest BCUT2D eigenvalue weighted by Gasteiger charge is -2.13. The molecule has 0 bridgehead atoms. The molecule has 0 saturated carbocycles. The Morgan fingerprint density at radius 3 is 1.85 bits per heavy atom. The molecule has 10 aromatic rings. The molecule has 0 aliphatic carbocycles. The van der Waals surface area contributed by atoms with E-state index in [1.54, 1.807) is 0 Å². The molecule has 0 atom stereocenters. The third-order valence-corrected chi connectivity index (χ3v) is 9.28. The summed E-state index contributed by atoms with van der Waals surface area (Å²) in [5.41, 5.74) is 4.45. The maximum Gasteiger partial charge on any atom is 0.164 e. The lowest BCUT2D eigenvalue weighted by Crippen LogP contribution is -2.00. The van der Waals surface area contributed by atoms with Crippen molar-refractivity contribution in [2.45, 2.75) is 0 Å².